The molecule has 0 radical (unpaired) electrons. The highest BCUT2D eigenvalue weighted by atomic mass is 32.1. The zero-order valence-electron chi connectivity index (χ0n) is 14.0. The van der Waals surface area contributed by atoms with Gasteiger partial charge in [0.2, 0.25) is 0 Å². The molecule has 1 heterocycles. The van der Waals surface area contributed by atoms with Crippen LogP contribution in [0.3, 0.4) is 0 Å². The third-order valence-corrected chi connectivity index (χ3v) is 4.46. The molecule has 0 saturated carbocycles. The van der Waals surface area contributed by atoms with Gasteiger partial charge >= 0.3 is 0 Å². The molecule has 9 heteroatoms. The molecule has 0 unspecified atom stereocenters. The van der Waals surface area contributed by atoms with Gasteiger partial charge in [-0.2, -0.15) is 0 Å². The van der Waals surface area contributed by atoms with E-state index in [-0.39, 0.29) is 17.0 Å². The summed E-state index contributed by atoms with van der Waals surface area (Å²) in [5.41, 5.74) is 0.595. The molecule has 0 spiro atoms. The second kappa shape index (κ2) is 7.36. The Balaban J connectivity index is 1.89. The van der Waals surface area contributed by atoms with Crippen molar-refractivity contribution in [1.29, 1.82) is 0 Å². The van der Waals surface area contributed by atoms with Crippen LogP contribution in [-0.4, -0.2) is 29.5 Å². The Morgan fingerprint density at radius 1 is 1.31 bits per heavy atom. The summed E-state index contributed by atoms with van der Waals surface area (Å²) in [5.74, 6) is 0.435. The predicted octanol–water partition coefficient (Wildman–Crippen LogP) is 3.86. The van der Waals surface area contributed by atoms with Crippen LogP contribution in [0.5, 0.6) is 11.5 Å². The number of benzene rings is 2. The van der Waals surface area contributed by atoms with Crippen molar-refractivity contribution in [2.45, 2.75) is 6.92 Å². The monoisotopic (exact) mass is 373 g/mol. The van der Waals surface area contributed by atoms with E-state index in [0.717, 1.165) is 16.0 Å². The van der Waals surface area contributed by atoms with Crippen LogP contribution in [0.25, 0.3) is 10.2 Å². The minimum atomic E-state index is -0.566. The molecule has 1 aromatic heterocycles. The molecule has 2 aromatic carbocycles. The molecule has 3 rings (SSSR count). The lowest BCUT2D eigenvalue weighted by atomic mass is 10.1. The molecule has 0 aliphatic rings. The quantitative estimate of drug-likeness (QED) is 0.520. The average Bonchev–Trinajstić information content (AvgIpc) is 3.02. The number of nitrogens with one attached hydrogen (secondary N) is 1. The van der Waals surface area contributed by atoms with Gasteiger partial charge in [0.15, 0.2) is 5.13 Å². The van der Waals surface area contributed by atoms with Crippen molar-refractivity contribution in [2.24, 2.45) is 0 Å². The molecule has 8 nitrogen and oxygen atoms in total. The van der Waals surface area contributed by atoms with E-state index in [9.17, 15) is 14.9 Å². The summed E-state index contributed by atoms with van der Waals surface area (Å²) >= 11 is 1.29. The fourth-order valence-electron chi connectivity index (χ4n) is 2.37. The van der Waals surface area contributed by atoms with Crippen LogP contribution in [0.15, 0.2) is 36.4 Å². The second-order valence-corrected chi connectivity index (χ2v) is 6.21. The molecular formula is C17H15N3O5S. The number of ether oxygens (including phenoxy) is 2. The zero-order valence-corrected chi connectivity index (χ0v) is 14.8. The number of non-ortho nitro benzene ring substituents is 1. The van der Waals surface area contributed by atoms with Crippen molar-refractivity contribution < 1.29 is 19.2 Å². The number of anilines is 1. The van der Waals surface area contributed by atoms with Crippen LogP contribution in [0.1, 0.15) is 17.3 Å². The van der Waals surface area contributed by atoms with E-state index < -0.39 is 10.8 Å². The number of nitrogens with zero attached hydrogens (tertiary/aromatic N) is 2. The topological polar surface area (TPSA) is 104 Å². The lowest BCUT2D eigenvalue weighted by Crippen LogP contribution is -2.13. The number of methoxy groups -OCH3 is 1. The predicted molar refractivity (Wildman–Crippen MR) is 98.4 cm³/mol. The molecule has 1 amide bonds. The number of fused-ring (bicyclic) bond motifs is 1. The number of aromatic nitrogens is 1. The maximum absolute atomic E-state index is 12.5. The third-order valence-electron chi connectivity index (χ3n) is 3.53. The van der Waals surface area contributed by atoms with Crippen molar-refractivity contribution in [3.8, 4) is 11.5 Å². The Morgan fingerprint density at radius 2 is 2.12 bits per heavy atom. The summed E-state index contributed by atoms with van der Waals surface area (Å²) in [4.78, 5) is 27.3. The Hall–Kier alpha value is -3.20. The van der Waals surface area contributed by atoms with Gasteiger partial charge in [-0.3, -0.25) is 20.2 Å². The smallest absolute Gasteiger partial charge is 0.270 e. The van der Waals surface area contributed by atoms with Gasteiger partial charge in [0.25, 0.3) is 11.6 Å². The van der Waals surface area contributed by atoms with Crippen LogP contribution in [0, 0.1) is 10.1 Å². The number of nitro groups is 1. The number of thiazole rings is 1. The van der Waals surface area contributed by atoms with Crippen LogP contribution in [0.4, 0.5) is 10.8 Å². The van der Waals surface area contributed by atoms with Gasteiger partial charge < -0.3 is 9.47 Å². The highest BCUT2D eigenvalue weighted by molar-refractivity contribution is 7.22. The first-order chi connectivity index (χ1) is 12.5. The molecule has 134 valence electrons. The van der Waals surface area contributed by atoms with Crippen molar-refractivity contribution in [3.63, 3.8) is 0 Å². The molecule has 26 heavy (non-hydrogen) atoms. The number of nitro benzene ring substituents is 1. The summed E-state index contributed by atoms with van der Waals surface area (Å²) in [6.07, 6.45) is 0. The maximum Gasteiger partial charge on any atom is 0.270 e. The molecule has 1 N–H and O–H groups in total. The van der Waals surface area contributed by atoms with Gasteiger partial charge in [0.1, 0.15) is 11.5 Å². The van der Waals surface area contributed by atoms with Gasteiger partial charge in [-0.15, -0.1) is 0 Å². The lowest BCUT2D eigenvalue weighted by molar-refractivity contribution is -0.384. The zero-order chi connectivity index (χ0) is 18.7. The first kappa shape index (κ1) is 17.6. The highest BCUT2D eigenvalue weighted by Crippen LogP contribution is 2.31. The fraction of sp³-hybridized carbons (Fsp3) is 0.176. The molecule has 0 fully saturated rings. The highest BCUT2D eigenvalue weighted by Gasteiger charge is 2.19. The SMILES string of the molecule is CCOc1ccc2nc(NC(=O)c3cc([N+](=O)[O-])ccc3OC)sc2c1. The normalized spacial score (nSPS) is 10.5. The minimum absolute atomic E-state index is 0.0657. The molecule has 0 bridgehead atoms. The molecular weight excluding hydrogens is 358 g/mol. The average molecular weight is 373 g/mol. The van der Waals surface area contributed by atoms with Gasteiger partial charge in [-0.25, -0.2) is 4.98 Å². The number of hydrogen-bond donors (Lipinski definition) is 1. The largest absolute Gasteiger partial charge is 0.496 e. The molecule has 0 saturated heterocycles. The van der Waals surface area contributed by atoms with E-state index in [4.69, 9.17) is 9.47 Å². The summed E-state index contributed by atoms with van der Waals surface area (Å²) in [7, 11) is 1.39. The number of carbonyl (C=O) groups is 1. The van der Waals surface area contributed by atoms with E-state index in [2.05, 4.69) is 10.3 Å². The van der Waals surface area contributed by atoms with E-state index in [1.54, 1.807) is 12.1 Å². The minimum Gasteiger partial charge on any atom is -0.496 e. The molecule has 3 aromatic rings. The molecule has 0 aliphatic heterocycles. The molecule has 0 aliphatic carbocycles. The number of carbonyl (C=O) groups excluding carboxylic acids is 1. The summed E-state index contributed by atoms with van der Waals surface area (Å²) in [6, 6.07) is 9.30. The first-order valence-electron chi connectivity index (χ1n) is 7.69. The first-order valence-corrected chi connectivity index (χ1v) is 8.50. The van der Waals surface area contributed by atoms with Crippen LogP contribution < -0.4 is 14.8 Å². The van der Waals surface area contributed by atoms with E-state index in [0.29, 0.717) is 11.7 Å². The summed E-state index contributed by atoms with van der Waals surface area (Å²) in [5, 5.41) is 14.0. The van der Waals surface area contributed by atoms with Crippen molar-refractivity contribution >= 4 is 38.3 Å². The van der Waals surface area contributed by atoms with Gasteiger partial charge in [0, 0.05) is 12.1 Å². The number of hydrogen-bond acceptors (Lipinski definition) is 7. The lowest BCUT2D eigenvalue weighted by Gasteiger charge is -2.07. The Morgan fingerprint density at radius 3 is 2.81 bits per heavy atom. The number of amides is 1. The number of rotatable bonds is 6. The Kier molecular flexibility index (Phi) is 4.99. The van der Waals surface area contributed by atoms with Crippen LogP contribution in [-0.2, 0) is 0 Å². The van der Waals surface area contributed by atoms with E-state index >= 15 is 0 Å². The van der Waals surface area contributed by atoms with Crippen LogP contribution >= 0.6 is 11.3 Å². The summed E-state index contributed by atoms with van der Waals surface area (Å²) in [6.45, 7) is 2.45. The van der Waals surface area contributed by atoms with Crippen LogP contribution in [0.2, 0.25) is 0 Å². The maximum atomic E-state index is 12.5. The summed E-state index contributed by atoms with van der Waals surface area (Å²) < 4.78 is 11.4. The van der Waals surface area contributed by atoms with Crippen molar-refractivity contribution in [3.05, 3.63) is 52.1 Å². The third kappa shape index (κ3) is 3.57. The van der Waals surface area contributed by atoms with Crippen molar-refractivity contribution in [1.82, 2.24) is 4.98 Å². The second-order valence-electron chi connectivity index (χ2n) is 5.18. The van der Waals surface area contributed by atoms with E-state index in [1.165, 1.54) is 36.6 Å². The Labute approximate surface area is 152 Å². The van der Waals surface area contributed by atoms with Gasteiger partial charge in [0.05, 0.1) is 34.4 Å². The fourth-order valence-corrected chi connectivity index (χ4v) is 3.26. The Bertz CT molecular complexity index is 986. The molecule has 0 atom stereocenters. The van der Waals surface area contributed by atoms with Crippen molar-refractivity contribution in [2.75, 3.05) is 19.0 Å². The van der Waals surface area contributed by atoms with Gasteiger partial charge in [-0.05, 0) is 31.2 Å². The van der Waals surface area contributed by atoms with Gasteiger partial charge in [-0.1, -0.05) is 11.3 Å². The standard InChI is InChI=1S/C17H15N3O5S/c1-3-25-11-5-6-13-15(9-11)26-17(18-13)19-16(21)12-8-10(20(22)23)4-7-14(12)24-2/h4-9H,3H2,1-2H3,(H,18,19,21). The van der Waals surface area contributed by atoms with E-state index in [1.807, 2.05) is 13.0 Å².